The monoisotopic (exact) mass is 245 g/mol. The number of nitrogens with two attached hydrogens (primary N) is 1. The van der Waals surface area contributed by atoms with Crippen molar-refractivity contribution in [1.82, 2.24) is 4.98 Å². The lowest BCUT2D eigenvalue weighted by Crippen LogP contribution is -2.12. The molecule has 0 aliphatic rings. The summed E-state index contributed by atoms with van der Waals surface area (Å²) in [7, 11) is 0. The minimum absolute atomic E-state index is 0.310. The highest BCUT2D eigenvalue weighted by atomic mass is 19.1. The van der Waals surface area contributed by atoms with Crippen LogP contribution in [0.3, 0.4) is 0 Å². The molecule has 1 aromatic heterocycles. The molecule has 3 N–H and O–H groups in total. The van der Waals surface area contributed by atoms with Crippen LogP contribution in [0.4, 0.5) is 15.8 Å². The molecular formula is C13H12FN3O. The van der Waals surface area contributed by atoms with E-state index in [-0.39, 0.29) is 5.91 Å². The summed E-state index contributed by atoms with van der Waals surface area (Å²) in [5.74, 6) is -0.900. The number of pyridine rings is 1. The highest BCUT2D eigenvalue weighted by Crippen LogP contribution is 2.14. The summed E-state index contributed by atoms with van der Waals surface area (Å²) in [5, 5.41) is 2.61. The summed E-state index contributed by atoms with van der Waals surface area (Å²) in [6, 6.07) is 7.67. The van der Waals surface area contributed by atoms with Crippen molar-refractivity contribution in [2.24, 2.45) is 0 Å². The third-order valence-corrected chi connectivity index (χ3v) is 2.53. The Morgan fingerprint density at radius 2 is 2.11 bits per heavy atom. The van der Waals surface area contributed by atoms with Crippen molar-refractivity contribution in [2.45, 2.75) is 6.92 Å². The van der Waals surface area contributed by atoms with Gasteiger partial charge in [-0.05, 0) is 36.8 Å². The SMILES string of the molecule is Cc1ccc(C(=O)Nc2ccc(F)nc2)cc1N. The zero-order chi connectivity index (χ0) is 13.1. The van der Waals surface area contributed by atoms with Crippen LogP contribution in [-0.2, 0) is 0 Å². The van der Waals surface area contributed by atoms with Gasteiger partial charge in [-0.25, -0.2) is 4.98 Å². The number of rotatable bonds is 2. The topological polar surface area (TPSA) is 68.0 Å². The zero-order valence-electron chi connectivity index (χ0n) is 9.77. The van der Waals surface area contributed by atoms with Gasteiger partial charge in [-0.2, -0.15) is 4.39 Å². The van der Waals surface area contributed by atoms with Gasteiger partial charge in [0.25, 0.3) is 5.91 Å². The molecule has 0 spiro atoms. The first kappa shape index (κ1) is 12.0. The van der Waals surface area contributed by atoms with E-state index >= 15 is 0 Å². The Kier molecular flexibility index (Phi) is 3.23. The summed E-state index contributed by atoms with van der Waals surface area (Å²) in [6.07, 6.45) is 1.25. The van der Waals surface area contributed by atoms with Crippen LogP contribution in [0, 0.1) is 12.9 Å². The van der Waals surface area contributed by atoms with Crippen LogP contribution in [-0.4, -0.2) is 10.9 Å². The van der Waals surface area contributed by atoms with Crippen molar-refractivity contribution < 1.29 is 9.18 Å². The van der Waals surface area contributed by atoms with E-state index in [9.17, 15) is 9.18 Å². The van der Waals surface area contributed by atoms with Gasteiger partial charge in [-0.15, -0.1) is 0 Å². The molecule has 5 heteroatoms. The molecule has 0 aliphatic carbocycles. The Morgan fingerprint density at radius 3 is 2.72 bits per heavy atom. The molecule has 0 unspecified atom stereocenters. The number of carbonyl (C=O) groups excluding carboxylic acids is 1. The van der Waals surface area contributed by atoms with Gasteiger partial charge in [0.05, 0.1) is 11.9 Å². The first-order valence-corrected chi connectivity index (χ1v) is 5.35. The average Bonchev–Trinajstić information content (AvgIpc) is 2.35. The lowest BCUT2D eigenvalue weighted by Gasteiger charge is -2.06. The molecule has 1 heterocycles. The van der Waals surface area contributed by atoms with Gasteiger partial charge in [0.15, 0.2) is 0 Å². The summed E-state index contributed by atoms with van der Waals surface area (Å²) in [6.45, 7) is 1.86. The maximum atomic E-state index is 12.6. The molecule has 0 aliphatic heterocycles. The van der Waals surface area contributed by atoms with Crippen LogP contribution in [0.5, 0.6) is 0 Å². The van der Waals surface area contributed by atoms with Crippen molar-refractivity contribution in [3.05, 3.63) is 53.6 Å². The molecule has 0 atom stereocenters. The fourth-order valence-electron chi connectivity index (χ4n) is 1.43. The predicted molar refractivity (Wildman–Crippen MR) is 67.7 cm³/mol. The molecular weight excluding hydrogens is 233 g/mol. The van der Waals surface area contributed by atoms with Gasteiger partial charge in [-0.3, -0.25) is 4.79 Å². The number of nitrogen functional groups attached to an aromatic ring is 1. The summed E-state index contributed by atoms with van der Waals surface area (Å²) in [5.41, 5.74) is 8.07. The number of anilines is 2. The maximum absolute atomic E-state index is 12.6. The molecule has 1 amide bonds. The van der Waals surface area contributed by atoms with E-state index in [2.05, 4.69) is 10.3 Å². The molecule has 1 aromatic carbocycles. The normalized spacial score (nSPS) is 10.1. The Morgan fingerprint density at radius 1 is 1.33 bits per heavy atom. The standard InChI is InChI=1S/C13H12FN3O/c1-8-2-3-9(6-11(8)15)13(18)17-10-4-5-12(14)16-7-10/h2-7H,15H2,1H3,(H,17,18). The number of carbonyl (C=O) groups is 1. The largest absolute Gasteiger partial charge is 0.398 e. The number of hydrogen-bond donors (Lipinski definition) is 2. The predicted octanol–water partition coefficient (Wildman–Crippen LogP) is 2.36. The Hall–Kier alpha value is -2.43. The van der Waals surface area contributed by atoms with Gasteiger partial charge in [-0.1, -0.05) is 6.07 Å². The second-order valence-electron chi connectivity index (χ2n) is 3.90. The molecule has 18 heavy (non-hydrogen) atoms. The van der Waals surface area contributed by atoms with E-state index in [0.717, 1.165) is 5.56 Å². The third-order valence-electron chi connectivity index (χ3n) is 2.53. The minimum atomic E-state index is -0.590. The fraction of sp³-hybridized carbons (Fsp3) is 0.0769. The summed E-state index contributed by atoms with van der Waals surface area (Å²) < 4.78 is 12.6. The van der Waals surface area contributed by atoms with Crippen molar-refractivity contribution in [3.63, 3.8) is 0 Å². The number of nitrogens with one attached hydrogen (secondary N) is 1. The van der Waals surface area contributed by atoms with Crippen LogP contribution in [0.15, 0.2) is 36.5 Å². The van der Waals surface area contributed by atoms with Crippen LogP contribution in [0.1, 0.15) is 15.9 Å². The van der Waals surface area contributed by atoms with Crippen molar-refractivity contribution in [3.8, 4) is 0 Å². The molecule has 0 saturated heterocycles. The highest BCUT2D eigenvalue weighted by Gasteiger charge is 2.07. The van der Waals surface area contributed by atoms with Gasteiger partial charge >= 0.3 is 0 Å². The minimum Gasteiger partial charge on any atom is -0.398 e. The summed E-state index contributed by atoms with van der Waals surface area (Å²) >= 11 is 0. The smallest absolute Gasteiger partial charge is 0.255 e. The average molecular weight is 245 g/mol. The van der Waals surface area contributed by atoms with E-state index < -0.39 is 5.95 Å². The molecule has 92 valence electrons. The van der Waals surface area contributed by atoms with Gasteiger partial charge in [0, 0.05) is 11.3 Å². The van der Waals surface area contributed by atoms with Crippen LogP contribution in [0.25, 0.3) is 0 Å². The maximum Gasteiger partial charge on any atom is 0.255 e. The Balaban J connectivity index is 2.16. The number of nitrogens with zero attached hydrogens (tertiary/aromatic N) is 1. The van der Waals surface area contributed by atoms with Crippen molar-refractivity contribution in [2.75, 3.05) is 11.1 Å². The van der Waals surface area contributed by atoms with Crippen LogP contribution < -0.4 is 11.1 Å². The summed E-state index contributed by atoms with van der Waals surface area (Å²) in [4.78, 5) is 15.3. The van der Waals surface area contributed by atoms with Crippen LogP contribution in [0.2, 0.25) is 0 Å². The molecule has 0 radical (unpaired) electrons. The second kappa shape index (κ2) is 4.83. The quantitative estimate of drug-likeness (QED) is 0.630. The molecule has 4 nitrogen and oxygen atoms in total. The van der Waals surface area contributed by atoms with E-state index in [1.54, 1.807) is 18.2 Å². The van der Waals surface area contributed by atoms with E-state index in [1.807, 2.05) is 6.92 Å². The number of aryl methyl sites for hydroxylation is 1. The van der Waals surface area contributed by atoms with Gasteiger partial charge < -0.3 is 11.1 Å². The number of hydrogen-bond acceptors (Lipinski definition) is 3. The molecule has 0 saturated carbocycles. The highest BCUT2D eigenvalue weighted by molar-refractivity contribution is 6.04. The van der Waals surface area contributed by atoms with E-state index in [4.69, 9.17) is 5.73 Å². The first-order valence-electron chi connectivity index (χ1n) is 5.35. The number of benzene rings is 1. The zero-order valence-corrected chi connectivity index (χ0v) is 9.77. The van der Waals surface area contributed by atoms with Crippen molar-refractivity contribution >= 4 is 17.3 Å². The lowest BCUT2D eigenvalue weighted by molar-refractivity contribution is 0.102. The van der Waals surface area contributed by atoms with E-state index in [0.29, 0.717) is 16.9 Å². The first-order chi connectivity index (χ1) is 8.56. The lowest BCUT2D eigenvalue weighted by atomic mass is 10.1. The number of aromatic nitrogens is 1. The number of halogens is 1. The van der Waals surface area contributed by atoms with Crippen molar-refractivity contribution in [1.29, 1.82) is 0 Å². The van der Waals surface area contributed by atoms with E-state index in [1.165, 1.54) is 18.3 Å². The molecule has 0 bridgehead atoms. The molecule has 2 aromatic rings. The fourth-order valence-corrected chi connectivity index (χ4v) is 1.43. The third kappa shape index (κ3) is 2.63. The molecule has 2 rings (SSSR count). The van der Waals surface area contributed by atoms with Crippen LogP contribution >= 0.6 is 0 Å². The number of amides is 1. The Bertz CT molecular complexity index is 581. The van der Waals surface area contributed by atoms with Gasteiger partial charge in [0.1, 0.15) is 0 Å². The molecule has 0 fully saturated rings. The van der Waals surface area contributed by atoms with Gasteiger partial charge in [0.2, 0.25) is 5.95 Å². The Labute approximate surface area is 104 Å². The second-order valence-corrected chi connectivity index (χ2v) is 3.90.